The fourth-order valence-electron chi connectivity index (χ4n) is 2.20. The highest BCUT2D eigenvalue weighted by molar-refractivity contribution is 9.10. The molecule has 0 bridgehead atoms. The fraction of sp³-hybridized carbons (Fsp3) is 0.571. The van der Waals surface area contributed by atoms with Gasteiger partial charge in [0, 0.05) is 24.2 Å². The van der Waals surface area contributed by atoms with E-state index in [4.69, 9.17) is 4.74 Å². The number of hydrogen-bond acceptors (Lipinski definition) is 2. The van der Waals surface area contributed by atoms with Crippen molar-refractivity contribution >= 4 is 15.9 Å². The Morgan fingerprint density at radius 3 is 2.50 bits per heavy atom. The van der Waals surface area contributed by atoms with Gasteiger partial charge >= 0.3 is 6.18 Å². The molecule has 1 rings (SSSR count). The van der Waals surface area contributed by atoms with Crippen LogP contribution in [-0.2, 0) is 10.9 Å². The minimum Gasteiger partial charge on any atom is -0.385 e. The number of hydrogen-bond donors (Lipinski definition) is 1. The number of halogens is 4. The molecule has 0 radical (unpaired) electrons. The summed E-state index contributed by atoms with van der Waals surface area (Å²) in [7, 11) is 3.37. The van der Waals surface area contributed by atoms with Crippen LogP contribution < -0.4 is 5.32 Å². The van der Waals surface area contributed by atoms with Gasteiger partial charge in [-0.3, -0.25) is 0 Å². The topological polar surface area (TPSA) is 21.3 Å². The monoisotopic (exact) mass is 353 g/mol. The molecule has 0 amide bonds. The molecule has 1 aromatic carbocycles. The second-order valence-corrected chi connectivity index (χ2v) is 5.62. The lowest BCUT2D eigenvalue weighted by molar-refractivity contribution is -0.138. The van der Waals surface area contributed by atoms with E-state index in [1.165, 1.54) is 12.1 Å². The summed E-state index contributed by atoms with van der Waals surface area (Å²) < 4.78 is 43.9. The number of benzene rings is 1. The molecular weight excluding hydrogens is 335 g/mol. The lowest BCUT2D eigenvalue weighted by atomic mass is 9.91. The second-order valence-electron chi connectivity index (χ2n) is 4.76. The van der Waals surface area contributed by atoms with Crippen molar-refractivity contribution in [3.8, 4) is 0 Å². The van der Waals surface area contributed by atoms with Crippen molar-refractivity contribution in [2.75, 3.05) is 20.8 Å². The van der Waals surface area contributed by atoms with Crippen molar-refractivity contribution in [3.63, 3.8) is 0 Å². The summed E-state index contributed by atoms with van der Waals surface area (Å²) in [6, 6.07) is 4.23. The van der Waals surface area contributed by atoms with Gasteiger partial charge in [0.25, 0.3) is 0 Å². The zero-order valence-corrected chi connectivity index (χ0v) is 13.3. The van der Waals surface area contributed by atoms with Gasteiger partial charge in [-0.15, -0.1) is 0 Å². The Balaban J connectivity index is 3.04. The van der Waals surface area contributed by atoms with Gasteiger partial charge in [-0.05, 0) is 37.1 Å². The average Bonchev–Trinajstić information content (AvgIpc) is 2.37. The quantitative estimate of drug-likeness (QED) is 0.818. The molecule has 0 fully saturated rings. The Bertz CT molecular complexity index is 437. The first-order valence-corrected chi connectivity index (χ1v) is 7.13. The maximum atomic E-state index is 12.9. The molecular formula is C14H19BrF3NO. The minimum atomic E-state index is -4.36. The highest BCUT2D eigenvalue weighted by Crippen LogP contribution is 2.37. The first kappa shape index (κ1) is 17.5. The van der Waals surface area contributed by atoms with E-state index in [0.717, 1.165) is 6.42 Å². The van der Waals surface area contributed by atoms with E-state index in [1.54, 1.807) is 20.2 Å². The molecule has 1 N–H and O–H groups in total. The van der Waals surface area contributed by atoms with Crippen LogP contribution in [0.4, 0.5) is 13.2 Å². The largest absolute Gasteiger partial charge is 0.417 e. The van der Waals surface area contributed by atoms with Crippen LogP contribution in [0.15, 0.2) is 22.7 Å². The third-order valence-corrected chi connectivity index (χ3v) is 4.00. The SMILES string of the molecule is CNC(c1ccc(Br)c(C(F)(F)F)c1)C(C)CCOC. The van der Waals surface area contributed by atoms with E-state index in [-0.39, 0.29) is 16.4 Å². The third-order valence-electron chi connectivity index (χ3n) is 3.31. The Hall–Kier alpha value is -0.590. The summed E-state index contributed by atoms with van der Waals surface area (Å²) in [5, 5.41) is 3.09. The molecule has 1 aromatic rings. The van der Waals surface area contributed by atoms with Gasteiger partial charge in [0.1, 0.15) is 0 Å². The molecule has 20 heavy (non-hydrogen) atoms. The van der Waals surface area contributed by atoms with E-state index >= 15 is 0 Å². The van der Waals surface area contributed by atoms with E-state index < -0.39 is 11.7 Å². The Morgan fingerprint density at radius 1 is 1.35 bits per heavy atom. The van der Waals surface area contributed by atoms with E-state index in [2.05, 4.69) is 21.2 Å². The molecule has 0 heterocycles. The number of nitrogens with one attached hydrogen (secondary N) is 1. The average molecular weight is 354 g/mol. The van der Waals surface area contributed by atoms with Gasteiger partial charge < -0.3 is 10.1 Å². The molecule has 0 aliphatic heterocycles. The van der Waals surface area contributed by atoms with E-state index in [9.17, 15) is 13.2 Å². The van der Waals surface area contributed by atoms with Gasteiger partial charge in [0.05, 0.1) is 5.56 Å². The maximum Gasteiger partial charge on any atom is 0.417 e. The summed E-state index contributed by atoms with van der Waals surface area (Å²) in [5.74, 6) is 0.169. The normalized spacial score (nSPS) is 15.2. The van der Waals surface area contributed by atoms with Gasteiger partial charge in [-0.1, -0.05) is 28.9 Å². The molecule has 6 heteroatoms. The van der Waals surface area contributed by atoms with Crippen molar-refractivity contribution in [1.82, 2.24) is 5.32 Å². The number of alkyl halides is 3. The Kier molecular flexibility index (Phi) is 6.48. The molecule has 2 unspecified atom stereocenters. The Labute approximate surface area is 125 Å². The molecule has 2 nitrogen and oxygen atoms in total. The van der Waals surface area contributed by atoms with Gasteiger partial charge in [0.15, 0.2) is 0 Å². The molecule has 0 aromatic heterocycles. The first-order chi connectivity index (χ1) is 9.31. The summed E-state index contributed by atoms with van der Waals surface area (Å²) in [6.07, 6.45) is -3.58. The predicted molar refractivity (Wildman–Crippen MR) is 76.6 cm³/mol. The lowest BCUT2D eigenvalue weighted by Crippen LogP contribution is -2.25. The molecule has 0 aliphatic carbocycles. The predicted octanol–water partition coefficient (Wildman–Crippen LogP) is 4.40. The van der Waals surface area contributed by atoms with E-state index in [0.29, 0.717) is 12.2 Å². The van der Waals surface area contributed by atoms with Gasteiger partial charge in [-0.25, -0.2) is 0 Å². The fourth-order valence-corrected chi connectivity index (χ4v) is 2.68. The second kappa shape index (κ2) is 7.43. The van der Waals surface area contributed by atoms with Crippen LogP contribution in [0.2, 0.25) is 0 Å². The third kappa shape index (κ3) is 4.46. The molecule has 0 aliphatic rings. The van der Waals surface area contributed by atoms with Gasteiger partial charge in [0.2, 0.25) is 0 Å². The zero-order valence-electron chi connectivity index (χ0n) is 11.7. The number of methoxy groups -OCH3 is 1. The van der Waals surface area contributed by atoms with Crippen molar-refractivity contribution in [2.45, 2.75) is 25.6 Å². The Morgan fingerprint density at radius 2 is 2.00 bits per heavy atom. The highest BCUT2D eigenvalue weighted by Gasteiger charge is 2.34. The minimum absolute atomic E-state index is 0.0631. The molecule has 0 saturated carbocycles. The maximum absolute atomic E-state index is 12.9. The van der Waals surface area contributed by atoms with Crippen LogP contribution in [0, 0.1) is 5.92 Å². The summed E-state index contributed by atoms with van der Waals surface area (Å²) >= 11 is 2.96. The zero-order chi connectivity index (χ0) is 15.3. The van der Waals surface area contributed by atoms with Crippen LogP contribution in [0.3, 0.4) is 0 Å². The van der Waals surface area contributed by atoms with Crippen molar-refractivity contribution in [2.24, 2.45) is 5.92 Å². The smallest absolute Gasteiger partial charge is 0.385 e. The molecule has 0 saturated heterocycles. The van der Waals surface area contributed by atoms with Crippen LogP contribution in [0.25, 0.3) is 0 Å². The summed E-state index contributed by atoms with van der Waals surface area (Å²) in [5.41, 5.74) is -0.0131. The number of rotatable bonds is 6. The molecule has 114 valence electrons. The standard InChI is InChI=1S/C14H19BrF3NO/c1-9(6-7-20-3)13(19-2)10-4-5-12(15)11(8-10)14(16,17)18/h4-5,8-9,13,19H,6-7H2,1-3H3. The highest BCUT2D eigenvalue weighted by atomic mass is 79.9. The van der Waals surface area contributed by atoms with Crippen molar-refractivity contribution < 1.29 is 17.9 Å². The first-order valence-electron chi connectivity index (χ1n) is 6.34. The van der Waals surface area contributed by atoms with Crippen LogP contribution in [0.1, 0.15) is 30.5 Å². The summed E-state index contributed by atoms with van der Waals surface area (Å²) in [6.45, 7) is 2.58. The van der Waals surface area contributed by atoms with Crippen LogP contribution in [0.5, 0.6) is 0 Å². The van der Waals surface area contributed by atoms with Crippen molar-refractivity contribution in [1.29, 1.82) is 0 Å². The summed E-state index contributed by atoms with van der Waals surface area (Å²) in [4.78, 5) is 0. The van der Waals surface area contributed by atoms with Gasteiger partial charge in [-0.2, -0.15) is 13.2 Å². The van der Waals surface area contributed by atoms with Crippen molar-refractivity contribution in [3.05, 3.63) is 33.8 Å². The van der Waals surface area contributed by atoms with E-state index in [1.807, 2.05) is 6.92 Å². The molecule has 0 spiro atoms. The lowest BCUT2D eigenvalue weighted by Gasteiger charge is -2.25. The van der Waals surface area contributed by atoms with Crippen LogP contribution >= 0.6 is 15.9 Å². The number of ether oxygens (including phenoxy) is 1. The van der Waals surface area contributed by atoms with Crippen LogP contribution in [-0.4, -0.2) is 20.8 Å². The molecule has 2 atom stereocenters.